The Bertz CT molecular complexity index is 2110. The van der Waals surface area contributed by atoms with Crippen LogP contribution in [0, 0.1) is 69.0 Å². The first kappa shape index (κ1) is 51.5. The molecule has 368 valence electrons. The lowest BCUT2D eigenvalue weighted by Gasteiger charge is -2.45. The summed E-state index contributed by atoms with van der Waals surface area (Å²) in [6.45, 7) is 19.1. The van der Waals surface area contributed by atoms with Crippen molar-refractivity contribution in [1.82, 2.24) is 0 Å². The Balaban J connectivity index is 0.000000203. The van der Waals surface area contributed by atoms with Crippen LogP contribution in [0.25, 0.3) is 0 Å². The summed E-state index contributed by atoms with van der Waals surface area (Å²) in [5.41, 5.74) is 5.59. The first-order valence-electron chi connectivity index (χ1n) is 26.1. The van der Waals surface area contributed by atoms with Gasteiger partial charge in [0.1, 0.15) is 23.4 Å². The molecular formula is C59H84O8. The third-order valence-corrected chi connectivity index (χ3v) is 17.8. The average molecular weight is 921 g/mol. The zero-order valence-corrected chi connectivity index (χ0v) is 42.4. The number of esters is 2. The van der Waals surface area contributed by atoms with Crippen molar-refractivity contribution in [2.24, 2.45) is 45.3 Å². The molecule has 0 amide bonds. The van der Waals surface area contributed by atoms with Crippen LogP contribution in [0.1, 0.15) is 190 Å². The molecule has 8 rings (SSSR count). The SMILES string of the molecule is C=C1/C(=C\C=C2/CCC[C@@]3(C)C2CCC3C2(CC#CC(C)(C)O)CC2)CC(OC(C)=O)C[C@@H]1OC(C)=O.CC(C)(O)C#CCC1(C2CCC3/C(=C/C=C4CC(O)C[C@H](O)C4)CCC[C@@]32C)CC1. The van der Waals surface area contributed by atoms with Gasteiger partial charge in [-0.25, -0.2) is 0 Å². The van der Waals surface area contributed by atoms with Crippen molar-refractivity contribution in [3.05, 3.63) is 58.7 Å². The number of hydrogen-bond donors (Lipinski definition) is 4. The smallest absolute Gasteiger partial charge is 0.303 e. The van der Waals surface area contributed by atoms with Crippen LogP contribution in [-0.4, -0.2) is 68.0 Å². The summed E-state index contributed by atoms with van der Waals surface area (Å²) in [5, 5.41) is 40.0. The quantitative estimate of drug-likeness (QED) is 0.140. The lowest BCUT2D eigenvalue weighted by atomic mass is 9.59. The molecule has 8 aliphatic carbocycles. The van der Waals surface area contributed by atoms with Gasteiger partial charge in [0.15, 0.2) is 0 Å². The normalized spacial score (nSPS) is 37.5. The number of aliphatic hydroxyl groups is 4. The Morgan fingerprint density at radius 1 is 0.672 bits per heavy atom. The van der Waals surface area contributed by atoms with Crippen LogP contribution in [0.3, 0.4) is 0 Å². The number of hydrogen-bond acceptors (Lipinski definition) is 8. The number of aliphatic hydroxyl groups excluding tert-OH is 2. The van der Waals surface area contributed by atoms with Gasteiger partial charge >= 0.3 is 11.9 Å². The van der Waals surface area contributed by atoms with E-state index in [1.165, 1.54) is 108 Å². The second kappa shape index (κ2) is 20.1. The fraction of sp³-hybridized carbons (Fsp3) is 0.729. The molecule has 8 aliphatic rings. The highest BCUT2D eigenvalue weighted by Gasteiger charge is 2.62. The Kier molecular flexibility index (Phi) is 15.5. The van der Waals surface area contributed by atoms with Crippen molar-refractivity contribution in [3.63, 3.8) is 0 Å². The molecule has 8 fully saturated rings. The molecule has 0 saturated heterocycles. The van der Waals surface area contributed by atoms with Crippen molar-refractivity contribution in [3.8, 4) is 23.7 Å². The molecule has 8 heteroatoms. The summed E-state index contributed by atoms with van der Waals surface area (Å²) in [7, 11) is 0. The maximum Gasteiger partial charge on any atom is 0.303 e. The lowest BCUT2D eigenvalue weighted by molar-refractivity contribution is -0.152. The molecule has 0 aromatic heterocycles. The van der Waals surface area contributed by atoms with E-state index in [2.05, 4.69) is 68.4 Å². The van der Waals surface area contributed by atoms with E-state index in [1.54, 1.807) is 33.3 Å². The molecule has 0 heterocycles. The van der Waals surface area contributed by atoms with E-state index in [1.807, 2.05) is 0 Å². The lowest BCUT2D eigenvalue weighted by Crippen LogP contribution is -2.37. The molecule has 0 radical (unpaired) electrons. The summed E-state index contributed by atoms with van der Waals surface area (Å²) < 4.78 is 11.0. The zero-order chi connectivity index (χ0) is 48.6. The van der Waals surface area contributed by atoms with E-state index in [9.17, 15) is 30.0 Å². The number of carbonyl (C=O) groups is 2. The molecule has 0 aromatic rings. The van der Waals surface area contributed by atoms with Crippen LogP contribution < -0.4 is 0 Å². The Labute approximate surface area is 403 Å². The van der Waals surface area contributed by atoms with Gasteiger partial charge in [-0.3, -0.25) is 9.59 Å². The maximum atomic E-state index is 11.7. The van der Waals surface area contributed by atoms with Crippen LogP contribution in [0.5, 0.6) is 0 Å². The summed E-state index contributed by atoms with van der Waals surface area (Å²) in [4.78, 5) is 23.3. The fourth-order valence-electron chi connectivity index (χ4n) is 14.6. The van der Waals surface area contributed by atoms with Crippen molar-refractivity contribution in [2.45, 2.75) is 226 Å². The number of carbonyl (C=O) groups excluding carboxylic acids is 2. The van der Waals surface area contributed by atoms with Crippen molar-refractivity contribution in [1.29, 1.82) is 0 Å². The molecule has 4 N–H and O–H groups in total. The minimum atomic E-state index is -0.932. The molecule has 0 aliphatic heterocycles. The number of fused-ring (bicyclic) bond motifs is 2. The average Bonchev–Trinajstić information content (AvgIpc) is 4.11. The standard InChI is InChI=1S/C32H44O5.C27H40O3/c1-21-25(19-26(36-22(2)33)20-28(21)37-23(3)34)11-10-24-9-7-15-31(6)27(24)12-13-29(31)32(17-18-32)16-8-14-30(4,5)35;1-25(2,30)11-5-13-27(14-15-27)24-10-9-23-20(6-4-12-26(23,24)3)8-7-19-16-21(28)18-22(29)17-19/h10-11,26-29,35H,1,7,9,12-13,15-20H2,2-6H3;7-8,21-24,28-30H,4,6,9-10,12-18H2,1-3H3/b24-10+,25-11-;19-7?,20-8+/t26?,27?,28-,29?,31-;21-,22?,23?,24?,26+/m01/s1. The highest BCUT2D eigenvalue weighted by atomic mass is 16.6. The second-order valence-corrected chi connectivity index (χ2v) is 24.1. The second-order valence-electron chi connectivity index (χ2n) is 24.1. The molecule has 0 spiro atoms. The van der Waals surface area contributed by atoms with E-state index in [4.69, 9.17) is 9.47 Å². The predicted molar refractivity (Wildman–Crippen MR) is 265 cm³/mol. The van der Waals surface area contributed by atoms with Gasteiger partial charge in [-0.1, -0.05) is 85.1 Å². The number of ether oxygens (including phenoxy) is 2. The van der Waals surface area contributed by atoms with E-state index in [0.717, 1.165) is 36.3 Å². The van der Waals surface area contributed by atoms with Gasteiger partial charge < -0.3 is 29.9 Å². The number of allylic oxidation sites excluding steroid dienone is 6. The summed E-state index contributed by atoms with van der Waals surface area (Å²) in [6.07, 6.45) is 29.6. The van der Waals surface area contributed by atoms with Crippen LogP contribution in [0.4, 0.5) is 0 Å². The highest BCUT2D eigenvalue weighted by Crippen LogP contribution is 2.71. The first-order valence-corrected chi connectivity index (χ1v) is 26.1. The van der Waals surface area contributed by atoms with Crippen LogP contribution in [0.15, 0.2) is 58.7 Å². The minimum Gasteiger partial charge on any atom is -0.462 e. The van der Waals surface area contributed by atoms with E-state index < -0.39 is 29.5 Å². The van der Waals surface area contributed by atoms with E-state index in [0.29, 0.717) is 66.1 Å². The van der Waals surface area contributed by atoms with Crippen molar-refractivity contribution >= 4 is 11.9 Å². The van der Waals surface area contributed by atoms with Gasteiger partial charge in [0.2, 0.25) is 0 Å². The Morgan fingerprint density at radius 2 is 1.13 bits per heavy atom. The predicted octanol–water partition coefficient (Wildman–Crippen LogP) is 11.1. The van der Waals surface area contributed by atoms with Crippen molar-refractivity contribution < 1.29 is 39.5 Å². The minimum absolute atomic E-state index is 0.277. The zero-order valence-electron chi connectivity index (χ0n) is 42.4. The molecule has 8 nitrogen and oxygen atoms in total. The summed E-state index contributed by atoms with van der Waals surface area (Å²) in [5.74, 6) is 14.7. The molecule has 67 heavy (non-hydrogen) atoms. The highest BCUT2D eigenvalue weighted by molar-refractivity contribution is 5.67. The van der Waals surface area contributed by atoms with E-state index in [-0.39, 0.29) is 23.5 Å². The number of rotatable bonds is 8. The van der Waals surface area contributed by atoms with Crippen LogP contribution in [0.2, 0.25) is 0 Å². The Hall–Kier alpha value is -3.40. The van der Waals surface area contributed by atoms with Gasteiger partial charge in [-0.05, 0) is 193 Å². The molecule has 8 saturated carbocycles. The van der Waals surface area contributed by atoms with Gasteiger partial charge in [0.25, 0.3) is 0 Å². The maximum absolute atomic E-state index is 11.7. The van der Waals surface area contributed by atoms with Crippen molar-refractivity contribution in [2.75, 3.05) is 0 Å². The molecule has 0 aromatic carbocycles. The van der Waals surface area contributed by atoms with Gasteiger partial charge in [-0.2, -0.15) is 0 Å². The Morgan fingerprint density at radius 3 is 1.57 bits per heavy atom. The topological polar surface area (TPSA) is 134 Å². The third-order valence-electron chi connectivity index (χ3n) is 17.8. The van der Waals surface area contributed by atoms with Crippen LogP contribution >= 0.6 is 0 Å². The first-order chi connectivity index (χ1) is 31.4. The largest absolute Gasteiger partial charge is 0.462 e. The van der Waals surface area contributed by atoms with Gasteiger partial charge in [0.05, 0.1) is 12.2 Å². The molecule has 10 atom stereocenters. The summed E-state index contributed by atoms with van der Waals surface area (Å²) in [6, 6.07) is 0. The molecule has 0 bridgehead atoms. The van der Waals surface area contributed by atoms with Crippen LogP contribution in [-0.2, 0) is 19.1 Å². The molecular weight excluding hydrogens is 837 g/mol. The summed E-state index contributed by atoms with van der Waals surface area (Å²) >= 11 is 0. The van der Waals surface area contributed by atoms with Gasteiger partial charge in [0, 0.05) is 39.5 Å². The molecule has 6 unspecified atom stereocenters. The van der Waals surface area contributed by atoms with E-state index >= 15 is 0 Å². The fourth-order valence-corrected chi connectivity index (χ4v) is 14.6. The monoisotopic (exact) mass is 921 g/mol. The third kappa shape index (κ3) is 12.3. The van der Waals surface area contributed by atoms with Gasteiger partial charge in [-0.15, -0.1) is 0 Å².